The van der Waals surface area contributed by atoms with Crippen molar-refractivity contribution in [3.8, 4) is 0 Å². The highest BCUT2D eigenvalue weighted by Gasteiger charge is 2.23. The van der Waals surface area contributed by atoms with Gasteiger partial charge in [-0.1, -0.05) is 25.5 Å². The van der Waals surface area contributed by atoms with Crippen LogP contribution in [0.1, 0.15) is 41.0 Å². The first-order valence-electron chi connectivity index (χ1n) is 6.67. The van der Waals surface area contributed by atoms with E-state index in [1.165, 1.54) is 5.57 Å². The Morgan fingerprint density at radius 1 is 1.50 bits per heavy atom. The average molecular weight is 254 g/mol. The predicted octanol–water partition coefficient (Wildman–Crippen LogP) is 2.55. The summed E-state index contributed by atoms with van der Waals surface area (Å²) in [5.41, 5.74) is 0.962. The van der Waals surface area contributed by atoms with Crippen LogP contribution in [-0.4, -0.2) is 42.3 Å². The highest BCUT2D eigenvalue weighted by Crippen LogP contribution is 2.15. The molecular weight excluding hydrogens is 228 g/mol. The summed E-state index contributed by atoms with van der Waals surface area (Å²) in [5.74, 6) is 0. The second kappa shape index (κ2) is 6.23. The maximum atomic E-state index is 11.8. The van der Waals surface area contributed by atoms with Gasteiger partial charge >= 0.3 is 6.09 Å². The standard InChI is InChI=1S/C14H26N2O2/c1-11(2)15-10-12-6-8-16(9-7-12)13(17)18-14(3,4)5/h6,11,15H,7-10H2,1-5H3. The van der Waals surface area contributed by atoms with Crippen molar-refractivity contribution < 1.29 is 9.53 Å². The van der Waals surface area contributed by atoms with E-state index in [1.807, 2.05) is 20.8 Å². The van der Waals surface area contributed by atoms with E-state index < -0.39 is 5.60 Å². The van der Waals surface area contributed by atoms with E-state index in [9.17, 15) is 4.79 Å². The minimum absolute atomic E-state index is 0.213. The Morgan fingerprint density at radius 2 is 2.17 bits per heavy atom. The fourth-order valence-corrected chi connectivity index (χ4v) is 1.70. The SMILES string of the molecule is CC(C)NCC1=CCN(C(=O)OC(C)(C)C)CC1. The lowest BCUT2D eigenvalue weighted by molar-refractivity contribution is 0.0265. The van der Waals surface area contributed by atoms with Crippen LogP contribution in [0.4, 0.5) is 4.79 Å². The zero-order chi connectivity index (χ0) is 13.8. The van der Waals surface area contributed by atoms with Gasteiger partial charge in [0, 0.05) is 25.7 Å². The number of nitrogens with zero attached hydrogens (tertiary/aromatic N) is 1. The average Bonchev–Trinajstić information content (AvgIpc) is 2.24. The number of amides is 1. The van der Waals surface area contributed by atoms with E-state index in [4.69, 9.17) is 4.74 Å². The fourth-order valence-electron chi connectivity index (χ4n) is 1.70. The molecule has 0 spiro atoms. The van der Waals surface area contributed by atoms with Crippen LogP contribution in [0.5, 0.6) is 0 Å². The van der Waals surface area contributed by atoms with Gasteiger partial charge in [0.25, 0.3) is 0 Å². The molecule has 18 heavy (non-hydrogen) atoms. The van der Waals surface area contributed by atoms with Gasteiger partial charge < -0.3 is 15.0 Å². The van der Waals surface area contributed by atoms with Gasteiger partial charge in [0.15, 0.2) is 0 Å². The molecule has 4 heteroatoms. The van der Waals surface area contributed by atoms with Crippen LogP contribution < -0.4 is 5.32 Å². The van der Waals surface area contributed by atoms with Gasteiger partial charge in [-0.05, 0) is 27.2 Å². The maximum Gasteiger partial charge on any atom is 0.410 e. The van der Waals surface area contributed by atoms with Gasteiger partial charge in [0.1, 0.15) is 5.60 Å². The van der Waals surface area contributed by atoms with Gasteiger partial charge in [-0.2, -0.15) is 0 Å². The quantitative estimate of drug-likeness (QED) is 0.787. The van der Waals surface area contributed by atoms with E-state index >= 15 is 0 Å². The third-order valence-electron chi connectivity index (χ3n) is 2.69. The number of hydrogen-bond donors (Lipinski definition) is 1. The summed E-state index contributed by atoms with van der Waals surface area (Å²) >= 11 is 0. The highest BCUT2D eigenvalue weighted by atomic mass is 16.6. The first-order chi connectivity index (χ1) is 8.28. The van der Waals surface area contributed by atoms with Crippen LogP contribution in [0.25, 0.3) is 0 Å². The lowest BCUT2D eigenvalue weighted by atomic mass is 10.1. The molecule has 1 aliphatic rings. The third-order valence-corrected chi connectivity index (χ3v) is 2.69. The zero-order valence-electron chi connectivity index (χ0n) is 12.2. The van der Waals surface area contributed by atoms with Crippen LogP contribution >= 0.6 is 0 Å². The molecule has 0 fully saturated rings. The molecule has 1 N–H and O–H groups in total. The highest BCUT2D eigenvalue weighted by molar-refractivity contribution is 5.68. The summed E-state index contributed by atoms with van der Waals surface area (Å²) in [5, 5.41) is 3.39. The molecule has 0 atom stereocenters. The molecule has 104 valence electrons. The molecule has 0 aromatic carbocycles. The molecule has 4 nitrogen and oxygen atoms in total. The molecule has 0 aliphatic carbocycles. The van der Waals surface area contributed by atoms with Crippen LogP contribution in [0, 0.1) is 0 Å². The second-order valence-electron chi connectivity index (χ2n) is 6.07. The Bertz CT molecular complexity index is 316. The normalized spacial score (nSPS) is 16.8. The maximum absolute atomic E-state index is 11.8. The van der Waals surface area contributed by atoms with E-state index in [-0.39, 0.29) is 6.09 Å². The number of ether oxygens (including phenoxy) is 1. The smallest absolute Gasteiger partial charge is 0.410 e. The summed E-state index contributed by atoms with van der Waals surface area (Å²) < 4.78 is 5.35. The monoisotopic (exact) mass is 254 g/mol. The van der Waals surface area contributed by atoms with Crippen molar-refractivity contribution in [2.24, 2.45) is 0 Å². The number of carbonyl (C=O) groups excluding carboxylic acids is 1. The van der Waals surface area contributed by atoms with E-state index in [0.29, 0.717) is 12.6 Å². The Labute approximate surface area is 110 Å². The van der Waals surface area contributed by atoms with Gasteiger partial charge in [0.2, 0.25) is 0 Å². The minimum atomic E-state index is -0.416. The molecule has 0 aromatic heterocycles. The van der Waals surface area contributed by atoms with Crippen molar-refractivity contribution in [2.75, 3.05) is 19.6 Å². The largest absolute Gasteiger partial charge is 0.444 e. The first kappa shape index (κ1) is 15.0. The number of carbonyl (C=O) groups is 1. The molecule has 1 heterocycles. The van der Waals surface area contributed by atoms with E-state index in [1.54, 1.807) is 4.90 Å². The fraction of sp³-hybridized carbons (Fsp3) is 0.786. The van der Waals surface area contributed by atoms with Crippen molar-refractivity contribution >= 4 is 6.09 Å². The lowest BCUT2D eigenvalue weighted by Crippen LogP contribution is -2.40. The van der Waals surface area contributed by atoms with E-state index in [0.717, 1.165) is 19.5 Å². The van der Waals surface area contributed by atoms with Gasteiger partial charge in [0.05, 0.1) is 0 Å². The summed E-state index contributed by atoms with van der Waals surface area (Å²) in [4.78, 5) is 13.6. The van der Waals surface area contributed by atoms with Crippen molar-refractivity contribution in [1.82, 2.24) is 10.2 Å². The molecule has 0 radical (unpaired) electrons. The summed E-state index contributed by atoms with van der Waals surface area (Å²) in [6, 6.07) is 0.495. The Morgan fingerprint density at radius 3 is 2.61 bits per heavy atom. The molecule has 1 rings (SSSR count). The van der Waals surface area contributed by atoms with Gasteiger partial charge in [-0.25, -0.2) is 4.79 Å². The molecule has 0 saturated heterocycles. The topological polar surface area (TPSA) is 41.6 Å². The van der Waals surface area contributed by atoms with Crippen molar-refractivity contribution in [2.45, 2.75) is 52.7 Å². The van der Waals surface area contributed by atoms with E-state index in [2.05, 4.69) is 25.2 Å². The van der Waals surface area contributed by atoms with Gasteiger partial charge in [-0.3, -0.25) is 0 Å². The van der Waals surface area contributed by atoms with Crippen LogP contribution in [0.15, 0.2) is 11.6 Å². The lowest BCUT2D eigenvalue weighted by Gasteiger charge is -2.29. The minimum Gasteiger partial charge on any atom is -0.444 e. The molecular formula is C14H26N2O2. The van der Waals surface area contributed by atoms with Crippen LogP contribution in [0.2, 0.25) is 0 Å². The first-order valence-corrected chi connectivity index (χ1v) is 6.67. The Hall–Kier alpha value is -1.03. The number of rotatable bonds is 3. The number of nitrogens with one attached hydrogen (secondary N) is 1. The number of hydrogen-bond acceptors (Lipinski definition) is 3. The summed E-state index contributed by atoms with van der Waals surface area (Å²) in [6.45, 7) is 12.3. The predicted molar refractivity (Wildman–Crippen MR) is 73.6 cm³/mol. The Kier molecular flexibility index (Phi) is 5.20. The molecule has 0 bridgehead atoms. The molecule has 0 aromatic rings. The van der Waals surface area contributed by atoms with Crippen LogP contribution in [-0.2, 0) is 4.74 Å². The second-order valence-corrected chi connectivity index (χ2v) is 6.07. The van der Waals surface area contributed by atoms with Gasteiger partial charge in [-0.15, -0.1) is 0 Å². The summed E-state index contributed by atoms with van der Waals surface area (Å²) in [6.07, 6.45) is 2.84. The molecule has 0 saturated carbocycles. The van der Waals surface area contributed by atoms with Crippen molar-refractivity contribution in [3.63, 3.8) is 0 Å². The third kappa shape index (κ3) is 5.54. The van der Waals surface area contributed by atoms with Crippen molar-refractivity contribution in [1.29, 1.82) is 0 Å². The molecule has 1 amide bonds. The Balaban J connectivity index is 2.40. The van der Waals surface area contributed by atoms with Crippen molar-refractivity contribution in [3.05, 3.63) is 11.6 Å². The summed E-state index contributed by atoms with van der Waals surface area (Å²) in [7, 11) is 0. The molecule has 1 aliphatic heterocycles. The zero-order valence-corrected chi connectivity index (χ0v) is 12.2. The molecule has 0 unspecified atom stereocenters. The van der Waals surface area contributed by atoms with Crippen LogP contribution in [0.3, 0.4) is 0 Å².